The average molecular weight is 236 g/mol. The Morgan fingerprint density at radius 2 is 2.12 bits per heavy atom. The topological polar surface area (TPSA) is 72.2 Å². The van der Waals surface area contributed by atoms with Crippen molar-refractivity contribution in [3.8, 4) is 0 Å². The molecule has 1 aromatic rings. The van der Waals surface area contributed by atoms with Crippen molar-refractivity contribution in [3.05, 3.63) is 39.9 Å². The molecule has 0 spiro atoms. The molecule has 17 heavy (non-hydrogen) atoms. The highest BCUT2D eigenvalue weighted by atomic mass is 16.6. The summed E-state index contributed by atoms with van der Waals surface area (Å²) >= 11 is 0. The number of nitrogens with one attached hydrogen (secondary N) is 1. The van der Waals surface area contributed by atoms with Crippen LogP contribution in [-0.2, 0) is 4.79 Å². The fourth-order valence-corrected chi connectivity index (χ4v) is 1.57. The van der Waals surface area contributed by atoms with Gasteiger partial charge in [-0.05, 0) is 24.0 Å². The third-order valence-corrected chi connectivity index (χ3v) is 2.65. The van der Waals surface area contributed by atoms with E-state index < -0.39 is 17.4 Å². The summed E-state index contributed by atoms with van der Waals surface area (Å²) in [6.45, 7) is 3.41. The Bertz CT molecular complexity index is 418. The van der Waals surface area contributed by atoms with Gasteiger partial charge in [0.25, 0.3) is 12.5 Å². The lowest BCUT2D eigenvalue weighted by atomic mass is 9.97. The van der Waals surface area contributed by atoms with Gasteiger partial charge in [-0.1, -0.05) is 32.0 Å². The maximum atomic E-state index is 11.3. The number of nitrogens with zero attached hydrogens (tertiary/aromatic N) is 1. The number of rotatable bonds is 5. The first-order valence-electron chi connectivity index (χ1n) is 5.55. The van der Waals surface area contributed by atoms with Crippen molar-refractivity contribution in [2.75, 3.05) is 11.9 Å². The van der Waals surface area contributed by atoms with Crippen LogP contribution < -0.4 is 5.32 Å². The van der Waals surface area contributed by atoms with Crippen molar-refractivity contribution in [1.82, 2.24) is 0 Å². The van der Waals surface area contributed by atoms with Gasteiger partial charge in [-0.3, -0.25) is 14.9 Å². The number of hydrogen-bond donors (Lipinski definition) is 1. The summed E-state index contributed by atoms with van der Waals surface area (Å²) in [5, 5.41) is 12.8. The van der Waals surface area contributed by atoms with Gasteiger partial charge in [-0.2, -0.15) is 0 Å². The van der Waals surface area contributed by atoms with Crippen molar-refractivity contribution in [1.29, 1.82) is 0 Å². The summed E-state index contributed by atoms with van der Waals surface area (Å²) in [7, 11) is 0. The number of amides is 1. The minimum Gasteiger partial charge on any atom is -0.320 e. The van der Waals surface area contributed by atoms with E-state index in [1.54, 1.807) is 12.1 Å². The molecule has 5 nitrogen and oxygen atoms in total. The highest BCUT2D eigenvalue weighted by Crippen LogP contribution is 2.26. The van der Waals surface area contributed by atoms with Gasteiger partial charge in [0, 0.05) is 10.6 Å². The van der Waals surface area contributed by atoms with Crippen LogP contribution in [0.4, 0.5) is 5.69 Å². The van der Waals surface area contributed by atoms with E-state index in [2.05, 4.69) is 19.2 Å². The highest BCUT2D eigenvalue weighted by molar-refractivity contribution is 5.92. The molecule has 0 bridgehead atoms. The van der Waals surface area contributed by atoms with E-state index in [-0.39, 0.29) is 0 Å². The van der Waals surface area contributed by atoms with E-state index >= 15 is 0 Å². The van der Waals surface area contributed by atoms with Crippen LogP contribution in [0.5, 0.6) is 0 Å². The Balaban J connectivity index is 2.83. The second kappa shape index (κ2) is 5.98. The van der Waals surface area contributed by atoms with Gasteiger partial charge in [0.05, 0.1) is 0 Å². The van der Waals surface area contributed by atoms with E-state index in [1.165, 1.54) is 0 Å². The van der Waals surface area contributed by atoms with E-state index in [9.17, 15) is 14.9 Å². The fourth-order valence-electron chi connectivity index (χ4n) is 1.57. The second-order valence-corrected chi connectivity index (χ2v) is 3.94. The summed E-state index contributed by atoms with van der Waals surface area (Å²) in [6.07, 6.45) is 0.947. The van der Waals surface area contributed by atoms with Crippen molar-refractivity contribution in [2.45, 2.75) is 26.2 Å². The molecule has 1 amide bonds. The third kappa shape index (κ3) is 3.86. The van der Waals surface area contributed by atoms with Crippen LogP contribution in [0, 0.1) is 10.1 Å². The zero-order chi connectivity index (χ0) is 12.8. The van der Waals surface area contributed by atoms with Crippen molar-refractivity contribution in [2.24, 2.45) is 0 Å². The summed E-state index contributed by atoms with van der Waals surface area (Å²) in [4.78, 5) is 20.9. The number of anilines is 1. The summed E-state index contributed by atoms with van der Waals surface area (Å²) in [6, 6.07) is 7.38. The Morgan fingerprint density at radius 3 is 2.71 bits per heavy atom. The number of benzene rings is 1. The Hall–Kier alpha value is -1.91. The van der Waals surface area contributed by atoms with Crippen LogP contribution in [0.1, 0.15) is 31.7 Å². The largest absolute Gasteiger partial charge is 0.320 e. The maximum absolute atomic E-state index is 11.3. The van der Waals surface area contributed by atoms with Gasteiger partial charge in [0.1, 0.15) is 0 Å². The summed E-state index contributed by atoms with van der Waals surface area (Å²) in [5.41, 5.74) is 1.67. The van der Waals surface area contributed by atoms with Crippen LogP contribution in [-0.4, -0.2) is 17.4 Å². The molecule has 0 heterocycles. The molecule has 0 saturated carbocycles. The Morgan fingerprint density at radius 1 is 1.47 bits per heavy atom. The second-order valence-electron chi connectivity index (χ2n) is 3.94. The van der Waals surface area contributed by atoms with Crippen molar-refractivity contribution in [3.63, 3.8) is 0 Å². The molecule has 1 N–H and O–H groups in total. The lowest BCUT2D eigenvalue weighted by Gasteiger charge is -2.14. The Kier molecular flexibility index (Phi) is 4.63. The SMILES string of the molecule is CCC(C)c1ccccc1NC(=O)C[N+](=O)[O-]. The molecule has 0 aliphatic carbocycles. The normalized spacial score (nSPS) is 11.9. The number of carbonyl (C=O) groups is 1. The molecular formula is C12H16N2O3. The van der Waals surface area contributed by atoms with Gasteiger partial charge in [0.2, 0.25) is 0 Å². The number of nitro groups is 1. The van der Waals surface area contributed by atoms with Crippen molar-refractivity contribution < 1.29 is 9.72 Å². The molecule has 1 atom stereocenters. The molecule has 92 valence electrons. The maximum Gasteiger partial charge on any atom is 0.296 e. The van der Waals surface area contributed by atoms with Gasteiger partial charge < -0.3 is 5.32 Å². The van der Waals surface area contributed by atoms with Gasteiger partial charge in [-0.25, -0.2) is 0 Å². The molecule has 0 aliphatic rings. The molecule has 1 rings (SSSR count). The first kappa shape index (κ1) is 13.2. The zero-order valence-corrected chi connectivity index (χ0v) is 9.97. The smallest absolute Gasteiger partial charge is 0.296 e. The first-order chi connectivity index (χ1) is 8.04. The fraction of sp³-hybridized carbons (Fsp3) is 0.417. The standard InChI is InChI=1S/C12H16N2O3/c1-3-9(2)10-6-4-5-7-11(10)13-12(15)8-14(16)17/h4-7,9H,3,8H2,1-2H3,(H,13,15). The predicted molar refractivity (Wildman–Crippen MR) is 65.6 cm³/mol. The molecule has 5 heteroatoms. The molecule has 0 aliphatic heterocycles. The van der Waals surface area contributed by atoms with Crippen LogP contribution in [0.3, 0.4) is 0 Å². The molecular weight excluding hydrogens is 220 g/mol. The van der Waals surface area contributed by atoms with Gasteiger partial charge >= 0.3 is 0 Å². The monoisotopic (exact) mass is 236 g/mol. The van der Waals surface area contributed by atoms with E-state index in [1.807, 2.05) is 12.1 Å². The first-order valence-corrected chi connectivity index (χ1v) is 5.55. The Labute approximate surface area is 100.0 Å². The molecule has 1 unspecified atom stereocenters. The lowest BCUT2D eigenvalue weighted by molar-refractivity contribution is -0.467. The van der Waals surface area contributed by atoms with Crippen LogP contribution in [0.15, 0.2) is 24.3 Å². The van der Waals surface area contributed by atoms with Gasteiger partial charge in [0.15, 0.2) is 0 Å². The zero-order valence-electron chi connectivity index (χ0n) is 9.97. The predicted octanol–water partition coefficient (Wildman–Crippen LogP) is 2.42. The quantitative estimate of drug-likeness (QED) is 0.630. The van der Waals surface area contributed by atoms with E-state index in [4.69, 9.17) is 0 Å². The number of carbonyl (C=O) groups excluding carboxylic acids is 1. The van der Waals surface area contributed by atoms with Crippen LogP contribution in [0.2, 0.25) is 0 Å². The lowest BCUT2D eigenvalue weighted by Crippen LogP contribution is -2.22. The number of para-hydroxylation sites is 1. The van der Waals surface area contributed by atoms with Crippen LogP contribution >= 0.6 is 0 Å². The third-order valence-electron chi connectivity index (χ3n) is 2.65. The minimum absolute atomic E-state index is 0.308. The summed E-state index contributed by atoms with van der Waals surface area (Å²) < 4.78 is 0. The molecule has 0 fully saturated rings. The molecule has 1 aromatic carbocycles. The van der Waals surface area contributed by atoms with E-state index in [0.717, 1.165) is 12.0 Å². The van der Waals surface area contributed by atoms with Crippen LogP contribution in [0.25, 0.3) is 0 Å². The van der Waals surface area contributed by atoms with Crippen molar-refractivity contribution >= 4 is 11.6 Å². The highest BCUT2D eigenvalue weighted by Gasteiger charge is 2.13. The summed E-state index contributed by atoms with van der Waals surface area (Å²) in [5.74, 6) is -0.284. The van der Waals surface area contributed by atoms with Gasteiger partial charge in [-0.15, -0.1) is 0 Å². The molecule has 0 aromatic heterocycles. The van der Waals surface area contributed by atoms with E-state index in [0.29, 0.717) is 11.6 Å². The number of hydrogen-bond acceptors (Lipinski definition) is 3. The minimum atomic E-state index is -0.700. The average Bonchev–Trinajstić information content (AvgIpc) is 2.27. The molecule has 0 saturated heterocycles. The molecule has 0 radical (unpaired) electrons.